The fraction of sp³-hybridized carbons (Fsp3) is 1.00. The van der Waals surface area contributed by atoms with Crippen LogP contribution in [-0.2, 0) is 4.74 Å². The fourth-order valence-electron chi connectivity index (χ4n) is 1.39. The second-order valence-corrected chi connectivity index (χ2v) is 3.32. The Hall–Kier alpha value is -0.0800. The topological polar surface area (TPSA) is 21.3 Å². The largest absolute Gasteiger partial charge is 0.377 e. The summed E-state index contributed by atoms with van der Waals surface area (Å²) in [5.74, 6) is 0. The van der Waals surface area contributed by atoms with Crippen LogP contribution in [0.1, 0.15) is 25.7 Å². The Morgan fingerprint density at radius 1 is 1.30 bits per heavy atom. The zero-order valence-electron chi connectivity index (χ0n) is 6.31. The highest BCUT2D eigenvalue weighted by Gasteiger charge is 2.23. The molecule has 1 aliphatic carbocycles. The molecule has 2 rings (SSSR count). The predicted octanol–water partition coefficient (Wildman–Crippen LogP) is 0.917. The van der Waals surface area contributed by atoms with E-state index in [-0.39, 0.29) is 0 Å². The molecule has 2 nitrogen and oxygen atoms in total. The summed E-state index contributed by atoms with van der Waals surface area (Å²) in [6.45, 7) is 2.07. The van der Waals surface area contributed by atoms with Crippen LogP contribution in [0, 0.1) is 0 Å². The molecule has 2 heteroatoms. The first-order valence-corrected chi connectivity index (χ1v) is 4.30. The number of nitrogens with one attached hydrogen (secondary N) is 1. The van der Waals surface area contributed by atoms with E-state index in [9.17, 15) is 0 Å². The third-order valence-electron chi connectivity index (χ3n) is 2.24. The van der Waals surface area contributed by atoms with Crippen molar-refractivity contribution in [3.8, 4) is 0 Å². The Morgan fingerprint density at radius 2 is 2.20 bits per heavy atom. The quantitative estimate of drug-likeness (QED) is 0.631. The lowest BCUT2D eigenvalue weighted by molar-refractivity contribution is 0.110. The molecule has 1 saturated heterocycles. The van der Waals surface area contributed by atoms with Crippen LogP contribution in [0.25, 0.3) is 0 Å². The molecule has 1 atom stereocenters. The van der Waals surface area contributed by atoms with Crippen molar-refractivity contribution in [1.29, 1.82) is 0 Å². The molecule has 0 unspecified atom stereocenters. The average Bonchev–Trinajstić information content (AvgIpc) is 2.63. The van der Waals surface area contributed by atoms with Gasteiger partial charge in [-0.05, 0) is 25.7 Å². The van der Waals surface area contributed by atoms with E-state index in [2.05, 4.69) is 5.32 Å². The lowest BCUT2D eigenvalue weighted by Crippen LogP contribution is -2.27. The molecule has 2 fully saturated rings. The molecule has 0 spiro atoms. The van der Waals surface area contributed by atoms with E-state index in [0.717, 1.165) is 19.2 Å². The fourth-order valence-corrected chi connectivity index (χ4v) is 1.39. The van der Waals surface area contributed by atoms with Crippen molar-refractivity contribution in [1.82, 2.24) is 5.32 Å². The van der Waals surface area contributed by atoms with Gasteiger partial charge in [-0.1, -0.05) is 0 Å². The molecular formula is C8H15NO. The van der Waals surface area contributed by atoms with Crippen molar-refractivity contribution in [2.24, 2.45) is 0 Å². The molecule has 0 aromatic heterocycles. The van der Waals surface area contributed by atoms with Crippen LogP contribution in [0.5, 0.6) is 0 Å². The number of ether oxygens (including phenoxy) is 1. The van der Waals surface area contributed by atoms with E-state index in [1.807, 2.05) is 0 Å². The Balaban J connectivity index is 1.59. The Morgan fingerprint density at radius 3 is 2.80 bits per heavy atom. The van der Waals surface area contributed by atoms with Crippen molar-refractivity contribution < 1.29 is 4.74 Å². The number of rotatable bonds is 3. The Kier molecular flexibility index (Phi) is 1.91. The van der Waals surface area contributed by atoms with Crippen molar-refractivity contribution in [3.05, 3.63) is 0 Å². The van der Waals surface area contributed by atoms with Crippen LogP contribution in [0.3, 0.4) is 0 Å². The van der Waals surface area contributed by atoms with Gasteiger partial charge in [0.25, 0.3) is 0 Å². The van der Waals surface area contributed by atoms with E-state index in [1.165, 1.54) is 25.7 Å². The standard InChI is InChI=1S/C8H15NO/c1-2-8(10-5-1)6-9-7-3-4-7/h7-9H,1-6H2/t8-/m1/s1. The minimum atomic E-state index is 0.528. The second-order valence-electron chi connectivity index (χ2n) is 3.32. The normalized spacial score (nSPS) is 33.0. The van der Waals surface area contributed by atoms with Gasteiger partial charge in [0.15, 0.2) is 0 Å². The molecule has 1 heterocycles. The van der Waals surface area contributed by atoms with Gasteiger partial charge < -0.3 is 10.1 Å². The summed E-state index contributed by atoms with van der Waals surface area (Å²) in [6, 6.07) is 0.837. The van der Waals surface area contributed by atoms with Gasteiger partial charge >= 0.3 is 0 Å². The molecule has 2 aliphatic rings. The number of hydrogen-bond donors (Lipinski definition) is 1. The maximum atomic E-state index is 5.47. The van der Waals surface area contributed by atoms with Crippen molar-refractivity contribution in [2.75, 3.05) is 13.2 Å². The third kappa shape index (κ3) is 1.70. The lowest BCUT2D eigenvalue weighted by atomic mass is 10.2. The van der Waals surface area contributed by atoms with Crippen LogP contribution in [0.15, 0.2) is 0 Å². The molecule has 58 valence electrons. The van der Waals surface area contributed by atoms with Gasteiger partial charge in [-0.2, -0.15) is 0 Å². The van der Waals surface area contributed by atoms with Crippen molar-refractivity contribution in [3.63, 3.8) is 0 Å². The van der Waals surface area contributed by atoms with Gasteiger partial charge in [0.2, 0.25) is 0 Å². The zero-order valence-corrected chi connectivity index (χ0v) is 6.31. The molecular weight excluding hydrogens is 126 g/mol. The monoisotopic (exact) mass is 141 g/mol. The van der Waals surface area contributed by atoms with Crippen LogP contribution < -0.4 is 5.32 Å². The van der Waals surface area contributed by atoms with Gasteiger partial charge in [-0.25, -0.2) is 0 Å². The van der Waals surface area contributed by atoms with Gasteiger partial charge in [-0.15, -0.1) is 0 Å². The minimum absolute atomic E-state index is 0.528. The van der Waals surface area contributed by atoms with Crippen molar-refractivity contribution >= 4 is 0 Å². The van der Waals surface area contributed by atoms with Gasteiger partial charge in [0.05, 0.1) is 6.10 Å². The summed E-state index contributed by atoms with van der Waals surface area (Å²) in [6.07, 6.45) is 5.82. The molecule has 1 saturated carbocycles. The maximum absolute atomic E-state index is 5.47. The van der Waals surface area contributed by atoms with Gasteiger partial charge in [-0.3, -0.25) is 0 Å². The van der Waals surface area contributed by atoms with E-state index in [4.69, 9.17) is 4.74 Å². The molecule has 0 amide bonds. The smallest absolute Gasteiger partial charge is 0.0700 e. The SMILES string of the molecule is C1CO[C@@H](CNC2CC2)C1. The Bertz CT molecular complexity index is 106. The van der Waals surface area contributed by atoms with E-state index >= 15 is 0 Å². The summed E-state index contributed by atoms with van der Waals surface area (Å²) in [5, 5.41) is 3.47. The van der Waals surface area contributed by atoms with E-state index in [1.54, 1.807) is 0 Å². The van der Waals surface area contributed by atoms with Crippen LogP contribution in [0.2, 0.25) is 0 Å². The summed E-state index contributed by atoms with van der Waals surface area (Å²) in [7, 11) is 0. The molecule has 0 aromatic carbocycles. The summed E-state index contributed by atoms with van der Waals surface area (Å²) in [5.41, 5.74) is 0. The first-order chi connectivity index (χ1) is 4.95. The highest BCUT2D eigenvalue weighted by molar-refractivity contribution is 4.82. The number of hydrogen-bond acceptors (Lipinski definition) is 2. The highest BCUT2D eigenvalue weighted by atomic mass is 16.5. The second kappa shape index (κ2) is 2.89. The first-order valence-electron chi connectivity index (χ1n) is 4.30. The minimum Gasteiger partial charge on any atom is -0.377 e. The highest BCUT2D eigenvalue weighted by Crippen LogP contribution is 2.19. The molecule has 0 aromatic rings. The third-order valence-corrected chi connectivity index (χ3v) is 2.24. The maximum Gasteiger partial charge on any atom is 0.0700 e. The molecule has 1 aliphatic heterocycles. The molecule has 0 radical (unpaired) electrons. The first kappa shape index (κ1) is 6.62. The van der Waals surface area contributed by atoms with E-state index in [0.29, 0.717) is 6.10 Å². The lowest BCUT2D eigenvalue weighted by Gasteiger charge is -2.08. The van der Waals surface area contributed by atoms with Crippen LogP contribution in [-0.4, -0.2) is 25.3 Å². The zero-order chi connectivity index (χ0) is 6.81. The molecule has 1 N–H and O–H groups in total. The predicted molar refractivity (Wildman–Crippen MR) is 40.0 cm³/mol. The van der Waals surface area contributed by atoms with Gasteiger partial charge in [0, 0.05) is 19.2 Å². The van der Waals surface area contributed by atoms with Crippen molar-refractivity contribution in [2.45, 2.75) is 37.8 Å². The molecule has 0 bridgehead atoms. The molecule has 10 heavy (non-hydrogen) atoms. The van der Waals surface area contributed by atoms with Gasteiger partial charge in [0.1, 0.15) is 0 Å². The van der Waals surface area contributed by atoms with Crippen LogP contribution >= 0.6 is 0 Å². The van der Waals surface area contributed by atoms with E-state index < -0.39 is 0 Å². The summed E-state index contributed by atoms with van der Waals surface area (Å²) < 4.78 is 5.47. The average molecular weight is 141 g/mol. The summed E-state index contributed by atoms with van der Waals surface area (Å²) in [4.78, 5) is 0. The summed E-state index contributed by atoms with van der Waals surface area (Å²) >= 11 is 0. The Labute approximate surface area is 61.9 Å². The van der Waals surface area contributed by atoms with Crippen LogP contribution in [0.4, 0.5) is 0 Å².